The van der Waals surface area contributed by atoms with Crippen molar-refractivity contribution >= 4 is 30.1 Å². The molecule has 2 aromatic carbocycles. The fraction of sp³-hybridized carbons (Fsp3) is 0.432. The summed E-state index contributed by atoms with van der Waals surface area (Å²) in [5, 5.41) is 5.33. The minimum absolute atomic E-state index is 0.121. The Morgan fingerprint density at radius 3 is 1.56 bits per heavy atom. The van der Waals surface area contributed by atoms with Gasteiger partial charge in [0.1, 0.15) is 29.8 Å². The number of methoxy groups -OCH3 is 3. The largest absolute Gasteiger partial charge is 0.453 e. The Bertz CT molecular complexity index is 2260. The van der Waals surface area contributed by atoms with Crippen molar-refractivity contribution in [3.63, 3.8) is 0 Å². The first-order chi connectivity index (χ1) is 29.3. The highest BCUT2D eigenvalue weighted by Crippen LogP contribution is 2.33. The van der Waals surface area contributed by atoms with E-state index in [-0.39, 0.29) is 49.3 Å². The van der Waals surface area contributed by atoms with Crippen LogP contribution in [-0.4, -0.2) is 124 Å². The van der Waals surface area contributed by atoms with Crippen molar-refractivity contribution in [3.8, 4) is 34.4 Å². The fourth-order valence-electron chi connectivity index (χ4n) is 7.56. The summed E-state index contributed by atoms with van der Waals surface area (Å²) in [5.41, 5.74) is 4.93. The Hall–Kier alpha value is -6.83. The third-order valence-corrected chi connectivity index (χ3v) is 11.0. The Balaban J connectivity index is 1.12. The van der Waals surface area contributed by atoms with Crippen LogP contribution < -0.4 is 10.6 Å². The summed E-state index contributed by atoms with van der Waals surface area (Å²) in [7, 11) is 3.83. The van der Waals surface area contributed by atoms with Crippen LogP contribution in [0.3, 0.4) is 0 Å². The molecule has 0 bridgehead atoms. The second-order valence-electron chi connectivity index (χ2n) is 15.6. The molecule has 2 saturated heterocycles. The monoisotopic (exact) mass is 835 g/mol. The number of amides is 5. The van der Waals surface area contributed by atoms with Gasteiger partial charge >= 0.3 is 18.3 Å². The normalized spacial score (nSPS) is 17.3. The number of H-pyrrole nitrogens is 2. The molecule has 4 atom stereocenters. The van der Waals surface area contributed by atoms with E-state index in [0.29, 0.717) is 23.9 Å². The van der Waals surface area contributed by atoms with Crippen LogP contribution in [0, 0.1) is 23.7 Å². The number of benzene rings is 2. The van der Waals surface area contributed by atoms with Gasteiger partial charge in [0, 0.05) is 30.8 Å². The molecular weight excluding hydrogens is 783 g/mol. The van der Waals surface area contributed by atoms with E-state index in [4.69, 9.17) is 14.2 Å². The molecular formula is C44H53N9O8. The van der Waals surface area contributed by atoms with E-state index in [1.807, 2.05) is 76.2 Å². The van der Waals surface area contributed by atoms with Crippen LogP contribution in [0.15, 0.2) is 60.9 Å². The summed E-state index contributed by atoms with van der Waals surface area (Å²) in [6.45, 7) is 8.63. The summed E-state index contributed by atoms with van der Waals surface area (Å²) in [6.07, 6.45) is 3.19. The van der Waals surface area contributed by atoms with Crippen molar-refractivity contribution in [2.75, 3.05) is 47.5 Å². The second-order valence-corrected chi connectivity index (χ2v) is 15.6. The maximum Gasteiger partial charge on any atom is 0.409 e. The van der Waals surface area contributed by atoms with Gasteiger partial charge in [-0.1, -0.05) is 63.8 Å². The number of likely N-dealkylation sites (tertiary alicyclic amines) is 1. The lowest BCUT2D eigenvalue weighted by atomic mass is 10.0. The van der Waals surface area contributed by atoms with E-state index in [1.54, 1.807) is 22.2 Å². The van der Waals surface area contributed by atoms with Gasteiger partial charge in [-0.2, -0.15) is 0 Å². The molecule has 17 heteroatoms. The molecule has 5 amide bonds. The number of nitrogens with zero attached hydrogens (tertiary/aromatic N) is 5. The van der Waals surface area contributed by atoms with Crippen LogP contribution in [0.1, 0.15) is 75.4 Å². The topological polar surface area (TPSA) is 204 Å². The molecule has 17 nitrogen and oxygen atoms in total. The molecule has 4 aromatic rings. The summed E-state index contributed by atoms with van der Waals surface area (Å²) in [6, 6.07) is 13.1. The molecule has 0 aliphatic carbocycles. The van der Waals surface area contributed by atoms with Crippen molar-refractivity contribution < 1.29 is 38.2 Å². The number of ether oxygens (including phenoxy) is 3. The van der Waals surface area contributed by atoms with Gasteiger partial charge in [-0.05, 0) is 60.1 Å². The Morgan fingerprint density at radius 1 is 0.656 bits per heavy atom. The highest BCUT2D eigenvalue weighted by Gasteiger charge is 2.40. The average Bonchev–Trinajstić information content (AvgIpc) is 4.08. The first-order valence-electron chi connectivity index (χ1n) is 20.3. The second kappa shape index (κ2) is 19.5. The van der Waals surface area contributed by atoms with Gasteiger partial charge in [-0.3, -0.25) is 9.59 Å². The van der Waals surface area contributed by atoms with E-state index < -0.39 is 36.4 Å². The number of hydrogen-bond donors (Lipinski definition) is 4. The molecule has 322 valence electrons. The van der Waals surface area contributed by atoms with Crippen LogP contribution in [0.2, 0.25) is 0 Å². The molecule has 2 aromatic heterocycles. The molecule has 1 unspecified atom stereocenters. The van der Waals surface area contributed by atoms with E-state index in [0.717, 1.165) is 40.8 Å². The van der Waals surface area contributed by atoms with Crippen LogP contribution >= 0.6 is 0 Å². The number of piperazine rings is 1. The molecule has 0 spiro atoms. The minimum Gasteiger partial charge on any atom is -0.453 e. The van der Waals surface area contributed by atoms with E-state index in [9.17, 15) is 24.0 Å². The number of nitrogens with one attached hydrogen (secondary N) is 4. The molecule has 2 aliphatic rings. The average molecular weight is 836 g/mol. The van der Waals surface area contributed by atoms with Crippen LogP contribution in [0.5, 0.6) is 0 Å². The van der Waals surface area contributed by atoms with Crippen LogP contribution in [0.4, 0.5) is 14.4 Å². The number of alkyl carbamates (subject to hydrolysis) is 2. The predicted molar refractivity (Wildman–Crippen MR) is 224 cm³/mol. The number of carbonyl (C=O) groups is 5. The van der Waals surface area contributed by atoms with Gasteiger partial charge in [-0.15, -0.1) is 0 Å². The lowest BCUT2D eigenvalue weighted by Gasteiger charge is -2.41. The van der Waals surface area contributed by atoms with Gasteiger partial charge in [-0.25, -0.2) is 24.4 Å². The van der Waals surface area contributed by atoms with Gasteiger partial charge < -0.3 is 49.5 Å². The van der Waals surface area contributed by atoms with E-state index in [2.05, 4.69) is 42.4 Å². The zero-order valence-corrected chi connectivity index (χ0v) is 35.5. The molecule has 61 heavy (non-hydrogen) atoms. The number of imidazole rings is 2. The molecule has 2 aliphatic heterocycles. The van der Waals surface area contributed by atoms with Crippen molar-refractivity contribution in [1.29, 1.82) is 0 Å². The first-order valence-corrected chi connectivity index (χ1v) is 20.3. The molecule has 0 saturated carbocycles. The summed E-state index contributed by atoms with van der Waals surface area (Å²) >= 11 is 0. The van der Waals surface area contributed by atoms with E-state index >= 15 is 0 Å². The molecule has 4 heterocycles. The Kier molecular flexibility index (Phi) is 14.0. The van der Waals surface area contributed by atoms with Gasteiger partial charge in [0.15, 0.2) is 0 Å². The van der Waals surface area contributed by atoms with Crippen molar-refractivity contribution in [1.82, 2.24) is 45.3 Å². The van der Waals surface area contributed by atoms with Gasteiger partial charge in [0.2, 0.25) is 11.8 Å². The van der Waals surface area contributed by atoms with Crippen LogP contribution in [0.25, 0.3) is 22.5 Å². The third-order valence-electron chi connectivity index (χ3n) is 11.0. The quantitative estimate of drug-likeness (QED) is 0.121. The molecule has 2 fully saturated rings. The highest BCUT2D eigenvalue weighted by molar-refractivity contribution is 5.87. The standard InChI is InChI=1S/C44H53N9O8/c1-26(2)36(49-42(56)59-5)40(54)52-20-8-9-34(52)38-45-23-32(47-38)30-16-12-28(13-17-30)10-11-29-14-18-31(19-15-29)33-24-46-39(48-33)35-25-51(44(58)61-7)21-22-53(35)41(55)37(27(3)4)50-43(57)60-6/h12-19,23-24,26-27,34-37H,8-9,20-22,25H2,1-7H3,(H,45,47)(H,46,48)(H,49,56)(H,50,57)/t34-,35-,36?,37-/m0/s1. The number of carbonyl (C=O) groups excluding carboxylic acids is 5. The zero-order chi connectivity index (χ0) is 43.8. The van der Waals surface area contributed by atoms with E-state index in [1.165, 1.54) is 26.2 Å². The summed E-state index contributed by atoms with van der Waals surface area (Å²) < 4.78 is 14.5. The highest BCUT2D eigenvalue weighted by atomic mass is 16.5. The number of hydrogen-bond acceptors (Lipinski definition) is 10. The Morgan fingerprint density at radius 2 is 1.11 bits per heavy atom. The first kappa shape index (κ1) is 43.7. The third kappa shape index (κ3) is 10.1. The number of aromatic amines is 2. The predicted octanol–water partition coefficient (Wildman–Crippen LogP) is 5.24. The summed E-state index contributed by atoms with van der Waals surface area (Å²) in [5.74, 6) is 6.81. The smallest absolute Gasteiger partial charge is 0.409 e. The lowest BCUT2D eigenvalue weighted by Crippen LogP contribution is -2.58. The Labute approximate surface area is 354 Å². The van der Waals surface area contributed by atoms with Crippen molar-refractivity contribution in [3.05, 3.63) is 83.7 Å². The minimum atomic E-state index is -0.846. The number of rotatable bonds is 10. The van der Waals surface area contributed by atoms with Crippen molar-refractivity contribution in [2.24, 2.45) is 11.8 Å². The van der Waals surface area contributed by atoms with Crippen molar-refractivity contribution in [2.45, 2.75) is 64.7 Å². The number of aromatic nitrogens is 4. The fourth-order valence-corrected chi connectivity index (χ4v) is 7.56. The maximum atomic E-state index is 13.9. The van der Waals surface area contributed by atoms with Crippen LogP contribution in [-0.2, 0) is 23.8 Å². The maximum absolute atomic E-state index is 13.9. The molecule has 6 rings (SSSR count). The molecule has 0 radical (unpaired) electrons. The summed E-state index contributed by atoms with van der Waals surface area (Å²) in [4.78, 5) is 84.9. The van der Waals surface area contributed by atoms with Gasteiger partial charge in [0.25, 0.3) is 0 Å². The van der Waals surface area contributed by atoms with Gasteiger partial charge in [0.05, 0.1) is 57.7 Å². The zero-order valence-electron chi connectivity index (χ0n) is 35.5. The molecule has 4 N–H and O–H groups in total. The SMILES string of the molecule is COC(=O)NC(C(=O)N1CCC[C@H]1c1ncc(-c2ccc(C#Cc3ccc(-c4cnc([C@@H]5CN(C(=O)OC)CCN5C(=O)[C@@H](NC(=O)OC)C(C)C)[nH]4)cc3)cc2)[nH]1)C(C)C. The lowest BCUT2D eigenvalue weighted by molar-refractivity contribution is -0.139.